The number of hydrogen-bond donors (Lipinski definition) is 2. The van der Waals surface area contributed by atoms with Gasteiger partial charge in [-0.15, -0.1) is 11.3 Å². The number of benzene rings is 1. The number of aliphatic hydroxyl groups excluding tert-OH is 1. The van der Waals surface area contributed by atoms with E-state index in [0.717, 1.165) is 4.88 Å². The maximum Gasteiger partial charge on any atom is 0.264 e. The fraction of sp³-hybridized carbons (Fsp3) is 0.211. The third kappa shape index (κ3) is 3.44. The quantitative estimate of drug-likeness (QED) is 0.721. The summed E-state index contributed by atoms with van der Waals surface area (Å²) >= 11 is 1.56. The smallest absolute Gasteiger partial charge is 0.264 e. The maximum atomic E-state index is 12.3. The van der Waals surface area contributed by atoms with Crippen molar-refractivity contribution in [1.82, 2.24) is 5.32 Å². The van der Waals surface area contributed by atoms with E-state index in [1.165, 1.54) is 0 Å². The van der Waals surface area contributed by atoms with E-state index < -0.39 is 12.2 Å². The van der Waals surface area contributed by atoms with Gasteiger partial charge in [-0.3, -0.25) is 4.79 Å². The number of rotatable bonds is 5. The monoisotopic (exact) mass is 371 g/mol. The minimum Gasteiger partial charge on any atom is -0.485 e. The van der Waals surface area contributed by atoms with Gasteiger partial charge in [0.15, 0.2) is 11.5 Å². The van der Waals surface area contributed by atoms with Crippen LogP contribution in [0.4, 0.5) is 0 Å². The summed E-state index contributed by atoms with van der Waals surface area (Å²) in [5.41, 5.74) is 0. The molecule has 134 valence electrons. The molecule has 0 aliphatic carbocycles. The van der Waals surface area contributed by atoms with E-state index in [1.54, 1.807) is 35.6 Å². The van der Waals surface area contributed by atoms with E-state index in [0.29, 0.717) is 23.0 Å². The average molecular weight is 371 g/mol. The van der Waals surface area contributed by atoms with E-state index in [4.69, 9.17) is 13.9 Å². The Labute approximate surface area is 154 Å². The van der Waals surface area contributed by atoms with Crippen molar-refractivity contribution >= 4 is 17.2 Å². The molecule has 0 fully saturated rings. The Bertz CT molecular complexity index is 889. The number of amides is 1. The van der Waals surface area contributed by atoms with Crippen LogP contribution < -0.4 is 14.8 Å². The molecule has 3 aromatic rings. The van der Waals surface area contributed by atoms with Gasteiger partial charge in [-0.1, -0.05) is 18.2 Å². The van der Waals surface area contributed by atoms with Gasteiger partial charge in [-0.05, 0) is 35.7 Å². The lowest BCUT2D eigenvalue weighted by Crippen LogP contribution is -2.45. The zero-order valence-electron chi connectivity index (χ0n) is 13.8. The molecule has 0 saturated heterocycles. The molecule has 4 rings (SSSR count). The highest BCUT2D eigenvalue weighted by Gasteiger charge is 2.27. The molecular formula is C19H17NO5S. The molecule has 1 aliphatic heterocycles. The lowest BCUT2D eigenvalue weighted by atomic mass is 10.2. The molecule has 0 saturated carbocycles. The number of fused-ring (bicyclic) bond motifs is 1. The highest BCUT2D eigenvalue weighted by atomic mass is 32.1. The van der Waals surface area contributed by atoms with Crippen LogP contribution in [-0.4, -0.2) is 30.3 Å². The Kier molecular flexibility index (Phi) is 4.64. The van der Waals surface area contributed by atoms with E-state index in [2.05, 4.69) is 5.32 Å². The first-order valence-electron chi connectivity index (χ1n) is 8.18. The van der Waals surface area contributed by atoms with Gasteiger partial charge >= 0.3 is 0 Å². The van der Waals surface area contributed by atoms with Crippen molar-refractivity contribution in [3.8, 4) is 22.1 Å². The molecule has 2 N–H and O–H groups in total. The van der Waals surface area contributed by atoms with Gasteiger partial charge in [-0.2, -0.15) is 0 Å². The van der Waals surface area contributed by atoms with E-state index in [1.807, 2.05) is 29.6 Å². The number of para-hydroxylation sites is 2. The molecule has 0 bridgehead atoms. The second-order valence-electron chi connectivity index (χ2n) is 5.80. The molecular weight excluding hydrogens is 354 g/mol. The predicted molar refractivity (Wildman–Crippen MR) is 96.3 cm³/mol. The molecule has 2 unspecified atom stereocenters. The Morgan fingerprint density at radius 3 is 2.85 bits per heavy atom. The normalized spacial score (nSPS) is 16.9. The third-order valence-corrected chi connectivity index (χ3v) is 4.87. The third-order valence-electron chi connectivity index (χ3n) is 3.99. The lowest BCUT2D eigenvalue weighted by molar-refractivity contribution is -0.130. The van der Waals surface area contributed by atoms with Crippen LogP contribution in [-0.2, 0) is 4.79 Å². The second kappa shape index (κ2) is 7.23. The van der Waals surface area contributed by atoms with Crippen LogP contribution >= 0.6 is 11.3 Å². The van der Waals surface area contributed by atoms with Crippen LogP contribution in [0.5, 0.6) is 11.5 Å². The summed E-state index contributed by atoms with van der Waals surface area (Å²) in [6, 6.07) is 14.6. The molecule has 3 heterocycles. The number of carbonyl (C=O) groups excluding carboxylic acids is 1. The van der Waals surface area contributed by atoms with Gasteiger partial charge < -0.3 is 24.3 Å². The Morgan fingerprint density at radius 1 is 1.19 bits per heavy atom. The highest BCUT2D eigenvalue weighted by molar-refractivity contribution is 7.13. The molecule has 2 atom stereocenters. The zero-order valence-corrected chi connectivity index (χ0v) is 14.6. The number of furan rings is 1. The van der Waals surface area contributed by atoms with Gasteiger partial charge in [0, 0.05) is 0 Å². The van der Waals surface area contributed by atoms with Crippen molar-refractivity contribution in [2.75, 3.05) is 13.2 Å². The molecule has 7 heteroatoms. The Hall–Kier alpha value is -2.77. The van der Waals surface area contributed by atoms with Crippen LogP contribution in [0.25, 0.3) is 10.6 Å². The number of carbonyl (C=O) groups is 1. The van der Waals surface area contributed by atoms with Crippen molar-refractivity contribution < 1.29 is 23.8 Å². The average Bonchev–Trinajstić information content (AvgIpc) is 3.36. The minimum absolute atomic E-state index is 0.0255. The molecule has 26 heavy (non-hydrogen) atoms. The van der Waals surface area contributed by atoms with Crippen LogP contribution in [0.15, 0.2) is 58.3 Å². The molecule has 1 aliphatic rings. The standard InChI is InChI=1S/C19H17NO5S/c21-12(13-7-8-16(24-13)18-6-3-9-26-18)10-20-19(22)17-11-23-14-4-1-2-5-15(14)25-17/h1-9,12,17,21H,10-11H2,(H,20,22). The van der Waals surface area contributed by atoms with E-state index in [9.17, 15) is 9.90 Å². The number of hydrogen-bond acceptors (Lipinski definition) is 6. The SMILES string of the molecule is O=C(NCC(O)c1ccc(-c2cccs2)o1)C1COc2ccccc2O1. The largest absolute Gasteiger partial charge is 0.485 e. The Balaban J connectivity index is 1.33. The van der Waals surface area contributed by atoms with Crippen molar-refractivity contribution in [3.05, 3.63) is 59.7 Å². The van der Waals surface area contributed by atoms with Crippen LogP contribution in [0, 0.1) is 0 Å². The summed E-state index contributed by atoms with van der Waals surface area (Å²) in [4.78, 5) is 13.3. The fourth-order valence-electron chi connectivity index (χ4n) is 2.64. The maximum absolute atomic E-state index is 12.3. The van der Waals surface area contributed by atoms with Gasteiger partial charge in [0.25, 0.3) is 5.91 Å². The van der Waals surface area contributed by atoms with Crippen molar-refractivity contribution in [2.24, 2.45) is 0 Å². The first-order chi connectivity index (χ1) is 12.7. The zero-order chi connectivity index (χ0) is 17.9. The molecule has 0 radical (unpaired) electrons. The molecule has 0 spiro atoms. The van der Waals surface area contributed by atoms with E-state index >= 15 is 0 Å². The van der Waals surface area contributed by atoms with E-state index in [-0.39, 0.29) is 19.1 Å². The summed E-state index contributed by atoms with van der Waals surface area (Å²) in [5.74, 6) is 1.91. The molecule has 6 nitrogen and oxygen atoms in total. The summed E-state index contributed by atoms with van der Waals surface area (Å²) in [6.45, 7) is 0.153. The van der Waals surface area contributed by atoms with Crippen molar-refractivity contribution in [1.29, 1.82) is 0 Å². The van der Waals surface area contributed by atoms with Gasteiger partial charge in [0.2, 0.25) is 6.10 Å². The second-order valence-corrected chi connectivity index (χ2v) is 6.75. The molecule has 1 amide bonds. The number of aliphatic hydroxyl groups is 1. The first-order valence-corrected chi connectivity index (χ1v) is 9.06. The van der Waals surface area contributed by atoms with Crippen molar-refractivity contribution in [3.63, 3.8) is 0 Å². The predicted octanol–water partition coefficient (Wildman–Crippen LogP) is 3.00. The topological polar surface area (TPSA) is 80.9 Å². The molecule has 1 aromatic carbocycles. The first kappa shape index (κ1) is 16.7. The fourth-order valence-corrected chi connectivity index (χ4v) is 3.33. The van der Waals surface area contributed by atoms with Crippen LogP contribution in [0.2, 0.25) is 0 Å². The van der Waals surface area contributed by atoms with Crippen LogP contribution in [0.1, 0.15) is 11.9 Å². The van der Waals surface area contributed by atoms with Gasteiger partial charge in [0.05, 0.1) is 11.4 Å². The lowest BCUT2D eigenvalue weighted by Gasteiger charge is -2.25. The summed E-state index contributed by atoms with van der Waals surface area (Å²) in [7, 11) is 0. The van der Waals surface area contributed by atoms with Crippen LogP contribution in [0.3, 0.4) is 0 Å². The summed E-state index contributed by atoms with van der Waals surface area (Å²) in [5, 5.41) is 14.9. The highest BCUT2D eigenvalue weighted by Crippen LogP contribution is 2.31. The number of ether oxygens (including phenoxy) is 2. The number of thiophene rings is 1. The summed E-state index contributed by atoms with van der Waals surface area (Å²) < 4.78 is 16.8. The number of nitrogens with one attached hydrogen (secondary N) is 1. The Morgan fingerprint density at radius 2 is 2.04 bits per heavy atom. The van der Waals surface area contributed by atoms with Crippen molar-refractivity contribution in [2.45, 2.75) is 12.2 Å². The minimum atomic E-state index is -0.940. The molecule has 2 aromatic heterocycles. The summed E-state index contributed by atoms with van der Waals surface area (Å²) in [6.07, 6.45) is -1.69. The van der Waals surface area contributed by atoms with Gasteiger partial charge in [0.1, 0.15) is 24.2 Å². The van der Waals surface area contributed by atoms with Gasteiger partial charge in [-0.25, -0.2) is 0 Å².